The molecule has 22 heavy (non-hydrogen) atoms. The van der Waals surface area contributed by atoms with E-state index in [-0.39, 0.29) is 11.9 Å². The molecule has 1 aliphatic rings. The smallest absolute Gasteiger partial charge is 0.263 e. The molecule has 0 radical (unpaired) electrons. The molecule has 1 aliphatic heterocycles. The molecular weight excluding hydrogens is 276 g/mol. The van der Waals surface area contributed by atoms with Crippen LogP contribution in [0.3, 0.4) is 0 Å². The van der Waals surface area contributed by atoms with E-state index in [1.54, 1.807) is 0 Å². The molecule has 2 rings (SSSR count). The van der Waals surface area contributed by atoms with Gasteiger partial charge in [-0.3, -0.25) is 4.79 Å². The Kier molecular flexibility index (Phi) is 5.83. The first-order valence-electron chi connectivity index (χ1n) is 8.29. The lowest BCUT2D eigenvalue weighted by molar-refractivity contribution is -0.140. The number of carbonyl (C=O) groups is 1. The average molecular weight is 304 g/mol. The Balaban J connectivity index is 1.95. The topological polar surface area (TPSA) is 55.6 Å². The third-order valence-electron chi connectivity index (χ3n) is 4.51. The van der Waals surface area contributed by atoms with E-state index >= 15 is 0 Å². The van der Waals surface area contributed by atoms with E-state index in [0.29, 0.717) is 12.3 Å². The van der Waals surface area contributed by atoms with Gasteiger partial charge in [0.15, 0.2) is 6.10 Å². The van der Waals surface area contributed by atoms with Crippen LogP contribution >= 0.6 is 0 Å². The second-order valence-corrected chi connectivity index (χ2v) is 6.35. The Bertz CT molecular complexity index is 494. The van der Waals surface area contributed by atoms with E-state index in [4.69, 9.17) is 10.5 Å². The Morgan fingerprint density at radius 3 is 2.64 bits per heavy atom. The van der Waals surface area contributed by atoms with Gasteiger partial charge in [-0.05, 0) is 56.7 Å². The first-order valence-corrected chi connectivity index (χ1v) is 8.29. The third-order valence-corrected chi connectivity index (χ3v) is 4.51. The van der Waals surface area contributed by atoms with E-state index in [2.05, 4.69) is 6.92 Å². The van der Waals surface area contributed by atoms with Gasteiger partial charge in [-0.2, -0.15) is 0 Å². The molecule has 0 bridgehead atoms. The van der Waals surface area contributed by atoms with Crippen molar-refractivity contribution >= 4 is 5.91 Å². The fraction of sp³-hybridized carbons (Fsp3) is 0.611. The molecule has 1 saturated heterocycles. The van der Waals surface area contributed by atoms with Gasteiger partial charge in [-0.25, -0.2) is 0 Å². The normalized spacial score (nSPS) is 18.8. The van der Waals surface area contributed by atoms with Crippen molar-refractivity contribution in [3.8, 4) is 5.75 Å². The molecule has 122 valence electrons. The number of likely N-dealkylation sites (tertiary alicyclic amines) is 1. The van der Waals surface area contributed by atoms with E-state index in [9.17, 15) is 4.79 Å². The number of hydrogen-bond donors (Lipinski definition) is 1. The number of piperidine rings is 1. The van der Waals surface area contributed by atoms with Crippen molar-refractivity contribution in [1.29, 1.82) is 0 Å². The first kappa shape index (κ1) is 16.8. The number of hydrogen-bond acceptors (Lipinski definition) is 3. The maximum Gasteiger partial charge on any atom is 0.263 e. The highest BCUT2D eigenvalue weighted by Gasteiger charge is 2.29. The van der Waals surface area contributed by atoms with Gasteiger partial charge in [0.25, 0.3) is 5.91 Å². The van der Waals surface area contributed by atoms with E-state index < -0.39 is 6.10 Å². The Morgan fingerprint density at radius 2 is 2.09 bits per heavy atom. The molecule has 1 heterocycles. The molecule has 1 amide bonds. The fourth-order valence-corrected chi connectivity index (χ4v) is 3.01. The van der Waals surface area contributed by atoms with Crippen molar-refractivity contribution in [3.63, 3.8) is 0 Å². The summed E-state index contributed by atoms with van der Waals surface area (Å²) in [4.78, 5) is 14.6. The maximum atomic E-state index is 12.7. The van der Waals surface area contributed by atoms with Crippen LogP contribution in [-0.4, -0.2) is 36.0 Å². The summed E-state index contributed by atoms with van der Waals surface area (Å²) in [6, 6.07) is 8.07. The van der Waals surface area contributed by atoms with Crippen molar-refractivity contribution in [3.05, 3.63) is 29.8 Å². The zero-order valence-electron chi connectivity index (χ0n) is 13.9. The van der Waals surface area contributed by atoms with Crippen molar-refractivity contribution < 1.29 is 9.53 Å². The minimum absolute atomic E-state index is 0.104. The summed E-state index contributed by atoms with van der Waals surface area (Å²) in [6.07, 6.45) is 2.27. The minimum Gasteiger partial charge on any atom is -0.481 e. The quantitative estimate of drug-likeness (QED) is 0.910. The molecule has 4 heteroatoms. The molecule has 0 spiro atoms. The Morgan fingerprint density at radius 1 is 1.41 bits per heavy atom. The van der Waals surface area contributed by atoms with Gasteiger partial charge in [0, 0.05) is 19.1 Å². The van der Waals surface area contributed by atoms with Crippen LogP contribution in [0.4, 0.5) is 0 Å². The van der Waals surface area contributed by atoms with Crippen molar-refractivity contribution in [2.24, 2.45) is 11.7 Å². The maximum absolute atomic E-state index is 12.7. The number of aryl methyl sites for hydroxylation is 1. The SMILES string of the molecule is CCC(Oc1cccc(C)c1)C(=O)N1CCC(C(C)N)CC1. The van der Waals surface area contributed by atoms with Gasteiger partial charge in [0.2, 0.25) is 0 Å². The molecule has 1 aromatic carbocycles. The summed E-state index contributed by atoms with van der Waals surface area (Å²) in [5.41, 5.74) is 7.10. The highest BCUT2D eigenvalue weighted by atomic mass is 16.5. The number of amides is 1. The standard InChI is InChI=1S/C18H28N2O2/c1-4-17(22-16-7-5-6-13(2)12-16)18(21)20-10-8-15(9-11-20)14(3)19/h5-7,12,14-15,17H,4,8-11,19H2,1-3H3. The number of rotatable bonds is 5. The molecule has 0 saturated carbocycles. The fourth-order valence-electron chi connectivity index (χ4n) is 3.01. The van der Waals surface area contributed by atoms with Gasteiger partial charge in [0.05, 0.1) is 0 Å². The van der Waals surface area contributed by atoms with Crippen molar-refractivity contribution in [2.75, 3.05) is 13.1 Å². The molecule has 2 N–H and O–H groups in total. The molecular formula is C18H28N2O2. The minimum atomic E-state index is -0.395. The summed E-state index contributed by atoms with van der Waals surface area (Å²) < 4.78 is 5.92. The lowest BCUT2D eigenvalue weighted by Crippen LogP contribution is -2.47. The zero-order valence-corrected chi connectivity index (χ0v) is 13.9. The number of carbonyl (C=O) groups excluding carboxylic acids is 1. The number of ether oxygens (including phenoxy) is 1. The summed E-state index contributed by atoms with van der Waals surface area (Å²) in [5.74, 6) is 1.40. The number of benzene rings is 1. The summed E-state index contributed by atoms with van der Waals surface area (Å²) in [6.45, 7) is 7.65. The van der Waals surface area contributed by atoms with Crippen molar-refractivity contribution in [2.45, 2.75) is 52.2 Å². The summed E-state index contributed by atoms with van der Waals surface area (Å²) >= 11 is 0. The van der Waals surface area contributed by atoms with Crippen LogP contribution in [0.25, 0.3) is 0 Å². The van der Waals surface area contributed by atoms with Gasteiger partial charge in [-0.15, -0.1) is 0 Å². The number of nitrogens with zero attached hydrogens (tertiary/aromatic N) is 1. The van der Waals surface area contributed by atoms with Crippen LogP contribution in [0.5, 0.6) is 5.75 Å². The monoisotopic (exact) mass is 304 g/mol. The lowest BCUT2D eigenvalue weighted by Gasteiger charge is -2.35. The second kappa shape index (κ2) is 7.63. The van der Waals surface area contributed by atoms with Gasteiger partial charge in [0.1, 0.15) is 5.75 Å². The van der Waals surface area contributed by atoms with Crippen LogP contribution < -0.4 is 10.5 Å². The molecule has 0 aromatic heterocycles. The van der Waals surface area contributed by atoms with Gasteiger partial charge < -0.3 is 15.4 Å². The van der Waals surface area contributed by atoms with Gasteiger partial charge in [-0.1, -0.05) is 19.1 Å². The zero-order chi connectivity index (χ0) is 16.1. The predicted octanol–water partition coefficient (Wildman–Crippen LogP) is 2.74. The van der Waals surface area contributed by atoms with Crippen molar-refractivity contribution in [1.82, 2.24) is 4.90 Å². The molecule has 2 unspecified atom stereocenters. The predicted molar refractivity (Wildman–Crippen MR) is 88.8 cm³/mol. The lowest BCUT2D eigenvalue weighted by atomic mass is 9.90. The van der Waals surface area contributed by atoms with Crippen LogP contribution in [0.1, 0.15) is 38.7 Å². The van der Waals surface area contributed by atoms with E-state index in [1.807, 2.05) is 43.0 Å². The highest BCUT2D eigenvalue weighted by molar-refractivity contribution is 5.81. The Labute approximate surface area is 133 Å². The highest BCUT2D eigenvalue weighted by Crippen LogP contribution is 2.22. The Hall–Kier alpha value is -1.55. The molecule has 1 fully saturated rings. The summed E-state index contributed by atoms with van der Waals surface area (Å²) in [5, 5.41) is 0. The average Bonchev–Trinajstić information content (AvgIpc) is 2.52. The van der Waals surface area contributed by atoms with Crippen LogP contribution in [0.15, 0.2) is 24.3 Å². The first-order chi connectivity index (χ1) is 10.5. The van der Waals surface area contributed by atoms with Crippen LogP contribution in [-0.2, 0) is 4.79 Å². The molecule has 1 aromatic rings. The van der Waals surface area contributed by atoms with Crippen LogP contribution in [0, 0.1) is 12.8 Å². The molecule has 0 aliphatic carbocycles. The summed E-state index contributed by atoms with van der Waals surface area (Å²) in [7, 11) is 0. The van der Waals surface area contributed by atoms with E-state index in [0.717, 1.165) is 37.2 Å². The van der Waals surface area contributed by atoms with E-state index in [1.165, 1.54) is 0 Å². The third kappa shape index (κ3) is 4.23. The number of nitrogens with two attached hydrogens (primary N) is 1. The largest absolute Gasteiger partial charge is 0.481 e. The van der Waals surface area contributed by atoms with Gasteiger partial charge >= 0.3 is 0 Å². The second-order valence-electron chi connectivity index (χ2n) is 6.35. The van der Waals surface area contributed by atoms with Crippen LogP contribution in [0.2, 0.25) is 0 Å². The molecule has 2 atom stereocenters. The molecule has 4 nitrogen and oxygen atoms in total.